The largest absolute Gasteiger partial charge is 0.356 e. The molecule has 9 heteroatoms. The molecule has 2 aromatic rings. The Morgan fingerprint density at radius 1 is 1.25 bits per heavy atom. The van der Waals surface area contributed by atoms with E-state index < -0.39 is 0 Å². The second-order valence-corrected chi connectivity index (χ2v) is 9.73. The second kappa shape index (κ2) is 6.73. The lowest BCUT2D eigenvalue weighted by atomic mass is 9.46. The quantitative estimate of drug-likeness (QED) is 0.724. The number of rotatable bonds is 6. The highest BCUT2D eigenvalue weighted by molar-refractivity contribution is 6.30. The van der Waals surface area contributed by atoms with E-state index in [1.165, 1.54) is 6.42 Å². The summed E-state index contributed by atoms with van der Waals surface area (Å²) in [6, 6.07) is 0. The van der Waals surface area contributed by atoms with Gasteiger partial charge in [0.05, 0.1) is 22.2 Å². The number of aryl methyl sites for hydroxylation is 1. The Bertz CT molecular complexity index is 879. The minimum atomic E-state index is -0.280. The third-order valence-electron chi connectivity index (χ3n) is 6.91. The molecule has 7 nitrogen and oxygen atoms in total. The maximum Gasteiger partial charge on any atom is 0.242 e. The van der Waals surface area contributed by atoms with Crippen LogP contribution in [0.4, 0.5) is 0 Å². The minimum Gasteiger partial charge on any atom is -0.356 e. The summed E-state index contributed by atoms with van der Waals surface area (Å²) >= 11 is 11.9. The normalized spacial score (nSPS) is 33.4. The zero-order valence-corrected chi connectivity index (χ0v) is 17.2. The van der Waals surface area contributed by atoms with Gasteiger partial charge in [-0.05, 0) is 68.4 Å². The predicted octanol–water partition coefficient (Wildman–Crippen LogP) is 3.28. The van der Waals surface area contributed by atoms with E-state index in [0.717, 1.165) is 45.1 Å². The van der Waals surface area contributed by atoms with E-state index in [1.54, 1.807) is 18.7 Å². The molecule has 6 rings (SSSR count). The topological polar surface area (TPSA) is 77.6 Å². The molecule has 150 valence electrons. The lowest BCUT2D eigenvalue weighted by Crippen LogP contribution is -2.61. The maximum atomic E-state index is 13.3. The standard InChI is InChI=1S/C19H24Cl2N6O/c20-15-9-24-26(10-15)3-1-2-22-16(28)18-5-13-4-14(6-18)8-19(7-13,11-18)27-12-23-17(21)25-27/h9-10,12-14H,1-8,11H2,(H,22,28). The number of aromatic nitrogens is 5. The number of nitrogens with zero attached hydrogens (tertiary/aromatic N) is 5. The summed E-state index contributed by atoms with van der Waals surface area (Å²) in [7, 11) is 0. The third kappa shape index (κ3) is 3.12. The summed E-state index contributed by atoms with van der Waals surface area (Å²) in [5.74, 6) is 1.37. The van der Waals surface area contributed by atoms with Gasteiger partial charge in [-0.25, -0.2) is 9.67 Å². The van der Waals surface area contributed by atoms with Gasteiger partial charge in [0.25, 0.3) is 0 Å². The molecule has 2 aromatic heterocycles. The van der Waals surface area contributed by atoms with Gasteiger partial charge in [-0.1, -0.05) is 11.6 Å². The van der Waals surface area contributed by atoms with Crippen LogP contribution in [0.5, 0.6) is 0 Å². The average Bonchev–Trinajstić information content (AvgIpc) is 3.26. The van der Waals surface area contributed by atoms with E-state index in [9.17, 15) is 4.79 Å². The first-order valence-electron chi connectivity index (χ1n) is 10.0. The van der Waals surface area contributed by atoms with Crippen LogP contribution < -0.4 is 5.32 Å². The summed E-state index contributed by atoms with van der Waals surface area (Å²) < 4.78 is 3.76. The Labute approximate surface area is 173 Å². The molecule has 0 aliphatic heterocycles. The molecule has 2 atom stereocenters. The molecule has 4 fully saturated rings. The van der Waals surface area contributed by atoms with Gasteiger partial charge in [0, 0.05) is 19.3 Å². The molecular weight excluding hydrogens is 399 g/mol. The molecule has 2 heterocycles. The number of nitrogens with one attached hydrogen (secondary N) is 1. The molecule has 4 saturated carbocycles. The van der Waals surface area contributed by atoms with Crippen molar-refractivity contribution in [2.75, 3.05) is 6.54 Å². The molecule has 4 bridgehead atoms. The SMILES string of the molecule is O=C(NCCCn1cc(Cl)cn1)C12CC3CC(C1)CC(n1cnc(Cl)n1)(C3)C2. The van der Waals surface area contributed by atoms with Crippen LogP contribution in [0.15, 0.2) is 18.7 Å². The number of amides is 1. The van der Waals surface area contributed by atoms with Crippen molar-refractivity contribution < 1.29 is 4.79 Å². The number of halogens is 2. The van der Waals surface area contributed by atoms with Crippen molar-refractivity contribution in [3.8, 4) is 0 Å². The fraction of sp³-hybridized carbons (Fsp3) is 0.684. The molecule has 0 aromatic carbocycles. The van der Waals surface area contributed by atoms with Crippen molar-refractivity contribution in [1.82, 2.24) is 29.9 Å². The van der Waals surface area contributed by atoms with Gasteiger partial charge in [0.1, 0.15) is 6.33 Å². The summed E-state index contributed by atoms with van der Waals surface area (Å²) in [6.45, 7) is 1.39. The van der Waals surface area contributed by atoms with Crippen LogP contribution in [0.25, 0.3) is 0 Å². The van der Waals surface area contributed by atoms with Gasteiger partial charge in [-0.2, -0.15) is 5.10 Å². The second-order valence-electron chi connectivity index (χ2n) is 8.95. The Morgan fingerprint density at radius 2 is 2.04 bits per heavy atom. The molecule has 1 N–H and O–H groups in total. The first-order valence-corrected chi connectivity index (χ1v) is 10.8. The van der Waals surface area contributed by atoms with Crippen LogP contribution in [0.1, 0.15) is 44.9 Å². The van der Waals surface area contributed by atoms with E-state index in [-0.39, 0.29) is 22.1 Å². The maximum absolute atomic E-state index is 13.3. The molecule has 0 radical (unpaired) electrons. The molecule has 28 heavy (non-hydrogen) atoms. The molecule has 0 saturated heterocycles. The molecule has 1 amide bonds. The van der Waals surface area contributed by atoms with Crippen LogP contribution in [-0.2, 0) is 16.9 Å². The number of carbonyl (C=O) groups excluding carboxylic acids is 1. The van der Waals surface area contributed by atoms with Crippen molar-refractivity contribution in [2.24, 2.45) is 17.3 Å². The van der Waals surface area contributed by atoms with Crippen molar-refractivity contribution in [1.29, 1.82) is 0 Å². The molecule has 4 aliphatic carbocycles. The molecule has 2 unspecified atom stereocenters. The average molecular weight is 423 g/mol. The van der Waals surface area contributed by atoms with Crippen LogP contribution in [-0.4, -0.2) is 37.0 Å². The van der Waals surface area contributed by atoms with Gasteiger partial charge >= 0.3 is 0 Å². The van der Waals surface area contributed by atoms with Crippen LogP contribution in [0, 0.1) is 17.3 Å². The third-order valence-corrected chi connectivity index (χ3v) is 7.28. The molecule has 0 spiro atoms. The van der Waals surface area contributed by atoms with E-state index in [2.05, 4.69) is 20.5 Å². The van der Waals surface area contributed by atoms with Gasteiger partial charge in [0.15, 0.2) is 0 Å². The zero-order chi connectivity index (χ0) is 19.4. The zero-order valence-electron chi connectivity index (χ0n) is 15.7. The summed E-state index contributed by atoms with van der Waals surface area (Å²) in [6.07, 6.45) is 12.2. The lowest BCUT2D eigenvalue weighted by Gasteiger charge is -2.60. The summed E-state index contributed by atoms with van der Waals surface area (Å²) in [5.41, 5.74) is -0.384. The van der Waals surface area contributed by atoms with Crippen molar-refractivity contribution in [2.45, 2.75) is 57.0 Å². The van der Waals surface area contributed by atoms with Crippen molar-refractivity contribution in [3.63, 3.8) is 0 Å². The fourth-order valence-corrected chi connectivity index (χ4v) is 6.59. The highest BCUT2D eigenvalue weighted by Gasteiger charge is 2.61. The Balaban J connectivity index is 1.27. The summed E-state index contributed by atoms with van der Waals surface area (Å²) in [4.78, 5) is 17.4. The van der Waals surface area contributed by atoms with Crippen LogP contribution >= 0.6 is 23.2 Å². The van der Waals surface area contributed by atoms with Gasteiger partial charge < -0.3 is 5.32 Å². The number of hydrogen-bond acceptors (Lipinski definition) is 4. The fourth-order valence-electron chi connectivity index (χ4n) is 6.31. The smallest absolute Gasteiger partial charge is 0.242 e. The Kier molecular flexibility index (Phi) is 4.43. The van der Waals surface area contributed by atoms with Crippen molar-refractivity contribution >= 4 is 29.1 Å². The molecule has 4 aliphatic rings. The Hall–Kier alpha value is -1.60. The van der Waals surface area contributed by atoms with Crippen LogP contribution in [0.3, 0.4) is 0 Å². The number of hydrogen-bond donors (Lipinski definition) is 1. The van der Waals surface area contributed by atoms with Gasteiger partial charge in [0.2, 0.25) is 11.2 Å². The summed E-state index contributed by atoms with van der Waals surface area (Å²) in [5, 5.41) is 12.7. The molecular formula is C19H24Cl2N6O. The lowest BCUT2D eigenvalue weighted by molar-refractivity contribution is -0.156. The minimum absolute atomic E-state index is 0.104. The van der Waals surface area contributed by atoms with E-state index >= 15 is 0 Å². The Morgan fingerprint density at radius 3 is 2.68 bits per heavy atom. The van der Waals surface area contributed by atoms with E-state index in [0.29, 0.717) is 23.4 Å². The van der Waals surface area contributed by atoms with Crippen LogP contribution in [0.2, 0.25) is 10.3 Å². The highest BCUT2D eigenvalue weighted by atomic mass is 35.5. The van der Waals surface area contributed by atoms with E-state index in [4.69, 9.17) is 23.2 Å². The highest BCUT2D eigenvalue weighted by Crippen LogP contribution is 2.64. The van der Waals surface area contributed by atoms with Gasteiger partial charge in [-0.15, -0.1) is 5.10 Å². The van der Waals surface area contributed by atoms with Gasteiger partial charge in [-0.3, -0.25) is 9.48 Å². The van der Waals surface area contributed by atoms with E-state index in [1.807, 2.05) is 9.36 Å². The number of carbonyl (C=O) groups is 1. The first kappa shape index (κ1) is 18.4. The van der Waals surface area contributed by atoms with Crippen molar-refractivity contribution in [3.05, 3.63) is 29.0 Å². The predicted molar refractivity (Wildman–Crippen MR) is 105 cm³/mol. The monoisotopic (exact) mass is 422 g/mol. The first-order chi connectivity index (χ1) is 13.5.